The fourth-order valence-electron chi connectivity index (χ4n) is 1.85. The molecule has 7 heteroatoms. The Morgan fingerprint density at radius 1 is 1.29 bits per heavy atom. The molecule has 0 amide bonds. The molecule has 0 aliphatic carbocycles. The van der Waals surface area contributed by atoms with Gasteiger partial charge in [-0.2, -0.15) is 0 Å². The van der Waals surface area contributed by atoms with Gasteiger partial charge < -0.3 is 5.32 Å². The lowest BCUT2D eigenvalue weighted by molar-refractivity contribution is -0.395. The fraction of sp³-hybridized carbons (Fsp3) is 0.400. The third-order valence-electron chi connectivity index (χ3n) is 2.56. The molecule has 0 saturated carbocycles. The maximum Gasteiger partial charge on any atom is 0.302 e. The third kappa shape index (κ3) is 2.17. The van der Waals surface area contributed by atoms with Gasteiger partial charge in [0.25, 0.3) is 5.69 Å². The lowest BCUT2D eigenvalue weighted by atomic mass is 10.0. The summed E-state index contributed by atoms with van der Waals surface area (Å²) in [5.41, 5.74) is 0.563. The second-order valence-corrected chi connectivity index (χ2v) is 3.53. The standard InChI is InChI=1S/C10H13N3O4/c1-4-7-8(12(14)15)5-6(2)9(11-3)10(7)13(16)17/h5,11H,4H2,1-3H3. The van der Waals surface area contributed by atoms with Crippen LogP contribution in [0.3, 0.4) is 0 Å². The maximum absolute atomic E-state index is 11.0. The summed E-state index contributed by atoms with van der Waals surface area (Å²) in [4.78, 5) is 20.7. The number of nitro groups is 2. The molecule has 0 atom stereocenters. The normalized spacial score (nSPS) is 10.1. The zero-order valence-corrected chi connectivity index (χ0v) is 9.81. The molecule has 1 aromatic carbocycles. The van der Waals surface area contributed by atoms with Gasteiger partial charge in [0.1, 0.15) is 11.3 Å². The minimum Gasteiger partial charge on any atom is -0.382 e. The van der Waals surface area contributed by atoms with Crippen molar-refractivity contribution in [2.75, 3.05) is 12.4 Å². The summed E-state index contributed by atoms with van der Waals surface area (Å²) in [7, 11) is 1.56. The number of hydrogen-bond donors (Lipinski definition) is 1. The largest absolute Gasteiger partial charge is 0.382 e. The van der Waals surface area contributed by atoms with Crippen molar-refractivity contribution in [3.05, 3.63) is 37.4 Å². The van der Waals surface area contributed by atoms with Crippen molar-refractivity contribution in [3.63, 3.8) is 0 Å². The quantitative estimate of drug-likeness (QED) is 0.642. The molecule has 0 bridgehead atoms. The van der Waals surface area contributed by atoms with Crippen molar-refractivity contribution < 1.29 is 9.85 Å². The number of nitrogens with one attached hydrogen (secondary N) is 1. The monoisotopic (exact) mass is 239 g/mol. The Bertz CT molecular complexity index is 485. The SMILES string of the molecule is CCc1c([N+](=O)[O-])cc(C)c(NC)c1[N+](=O)[O-]. The second kappa shape index (κ2) is 4.77. The zero-order chi connectivity index (χ0) is 13.2. The summed E-state index contributed by atoms with van der Waals surface area (Å²) in [6.07, 6.45) is 0.238. The van der Waals surface area contributed by atoms with Crippen molar-refractivity contribution in [1.29, 1.82) is 0 Å². The number of nitrogens with zero attached hydrogens (tertiary/aromatic N) is 2. The summed E-state index contributed by atoms with van der Waals surface area (Å²) in [6, 6.07) is 1.36. The van der Waals surface area contributed by atoms with Gasteiger partial charge in [0, 0.05) is 13.1 Å². The van der Waals surface area contributed by atoms with Crippen LogP contribution in [-0.2, 0) is 6.42 Å². The van der Waals surface area contributed by atoms with Gasteiger partial charge in [-0.05, 0) is 18.9 Å². The lowest BCUT2D eigenvalue weighted by Gasteiger charge is -2.10. The molecule has 7 nitrogen and oxygen atoms in total. The van der Waals surface area contributed by atoms with Crippen LogP contribution in [0.1, 0.15) is 18.1 Å². The van der Waals surface area contributed by atoms with E-state index < -0.39 is 9.85 Å². The topological polar surface area (TPSA) is 98.3 Å². The first-order chi connectivity index (χ1) is 7.93. The molecule has 1 rings (SSSR count). The number of aryl methyl sites for hydroxylation is 1. The molecule has 0 fully saturated rings. The van der Waals surface area contributed by atoms with Crippen molar-refractivity contribution >= 4 is 17.1 Å². The van der Waals surface area contributed by atoms with Gasteiger partial charge >= 0.3 is 5.69 Å². The number of nitro benzene ring substituents is 2. The highest BCUT2D eigenvalue weighted by molar-refractivity contribution is 5.74. The molecule has 0 heterocycles. The van der Waals surface area contributed by atoms with Crippen LogP contribution in [0.4, 0.5) is 17.1 Å². The number of benzene rings is 1. The molecule has 0 saturated heterocycles. The highest BCUT2D eigenvalue weighted by Crippen LogP contribution is 2.38. The van der Waals surface area contributed by atoms with E-state index in [2.05, 4.69) is 5.32 Å². The Morgan fingerprint density at radius 3 is 2.24 bits per heavy atom. The first-order valence-electron chi connectivity index (χ1n) is 5.07. The Morgan fingerprint density at radius 2 is 1.88 bits per heavy atom. The highest BCUT2D eigenvalue weighted by atomic mass is 16.6. The molecule has 0 aromatic heterocycles. The first kappa shape index (κ1) is 12.9. The van der Waals surface area contributed by atoms with E-state index in [0.717, 1.165) is 0 Å². The molecule has 0 radical (unpaired) electrons. The van der Waals surface area contributed by atoms with E-state index in [-0.39, 0.29) is 23.4 Å². The van der Waals surface area contributed by atoms with E-state index in [4.69, 9.17) is 0 Å². The van der Waals surface area contributed by atoms with Crippen molar-refractivity contribution in [3.8, 4) is 0 Å². The molecule has 0 unspecified atom stereocenters. The van der Waals surface area contributed by atoms with Crippen LogP contribution < -0.4 is 5.32 Å². The van der Waals surface area contributed by atoms with Crippen LogP contribution in [0.15, 0.2) is 6.07 Å². The van der Waals surface area contributed by atoms with E-state index in [1.165, 1.54) is 6.07 Å². The van der Waals surface area contributed by atoms with Crippen LogP contribution in [0.5, 0.6) is 0 Å². The predicted octanol–water partition coefficient (Wildman–Crippen LogP) is 2.42. The fourth-order valence-corrected chi connectivity index (χ4v) is 1.85. The average Bonchev–Trinajstić information content (AvgIpc) is 2.26. The average molecular weight is 239 g/mol. The van der Waals surface area contributed by atoms with Gasteiger partial charge in [0.05, 0.1) is 9.85 Å². The Hall–Kier alpha value is -2.18. The Labute approximate surface area is 97.7 Å². The highest BCUT2D eigenvalue weighted by Gasteiger charge is 2.29. The molecule has 0 aliphatic rings. The molecule has 1 N–H and O–H groups in total. The van der Waals surface area contributed by atoms with Gasteiger partial charge in [-0.1, -0.05) is 6.92 Å². The summed E-state index contributed by atoms with van der Waals surface area (Å²) < 4.78 is 0. The lowest BCUT2D eigenvalue weighted by Crippen LogP contribution is -2.06. The van der Waals surface area contributed by atoms with E-state index in [1.807, 2.05) is 0 Å². The second-order valence-electron chi connectivity index (χ2n) is 3.53. The summed E-state index contributed by atoms with van der Waals surface area (Å²) >= 11 is 0. The molecule has 17 heavy (non-hydrogen) atoms. The van der Waals surface area contributed by atoms with Gasteiger partial charge in [-0.25, -0.2) is 0 Å². The third-order valence-corrected chi connectivity index (χ3v) is 2.56. The summed E-state index contributed by atoms with van der Waals surface area (Å²) in [5, 5.41) is 24.6. The zero-order valence-electron chi connectivity index (χ0n) is 9.81. The van der Waals surface area contributed by atoms with Crippen molar-refractivity contribution in [2.45, 2.75) is 20.3 Å². The maximum atomic E-state index is 11.0. The Kier molecular flexibility index (Phi) is 3.62. The van der Waals surface area contributed by atoms with Crippen LogP contribution in [0, 0.1) is 27.2 Å². The van der Waals surface area contributed by atoms with E-state index in [1.54, 1.807) is 20.9 Å². The Balaban J connectivity index is 3.71. The summed E-state index contributed by atoms with van der Waals surface area (Å²) in [5.74, 6) is 0. The smallest absolute Gasteiger partial charge is 0.302 e. The van der Waals surface area contributed by atoms with E-state index >= 15 is 0 Å². The molecule has 0 spiro atoms. The van der Waals surface area contributed by atoms with Gasteiger partial charge in [0.15, 0.2) is 0 Å². The van der Waals surface area contributed by atoms with Crippen LogP contribution in [-0.4, -0.2) is 16.9 Å². The molecule has 0 aliphatic heterocycles. The van der Waals surface area contributed by atoms with Crippen LogP contribution in [0.25, 0.3) is 0 Å². The van der Waals surface area contributed by atoms with E-state index in [9.17, 15) is 20.2 Å². The van der Waals surface area contributed by atoms with Gasteiger partial charge in [-0.3, -0.25) is 20.2 Å². The predicted molar refractivity (Wildman–Crippen MR) is 63.4 cm³/mol. The van der Waals surface area contributed by atoms with Crippen molar-refractivity contribution in [1.82, 2.24) is 0 Å². The van der Waals surface area contributed by atoms with Crippen LogP contribution >= 0.6 is 0 Å². The van der Waals surface area contributed by atoms with Gasteiger partial charge in [-0.15, -0.1) is 0 Å². The number of hydrogen-bond acceptors (Lipinski definition) is 5. The molecular weight excluding hydrogens is 226 g/mol. The first-order valence-corrected chi connectivity index (χ1v) is 5.07. The van der Waals surface area contributed by atoms with Crippen molar-refractivity contribution in [2.24, 2.45) is 0 Å². The number of anilines is 1. The van der Waals surface area contributed by atoms with Crippen LogP contribution in [0.2, 0.25) is 0 Å². The summed E-state index contributed by atoms with van der Waals surface area (Å²) in [6.45, 7) is 3.26. The molecule has 92 valence electrons. The molecule has 1 aromatic rings. The van der Waals surface area contributed by atoms with E-state index in [0.29, 0.717) is 11.3 Å². The van der Waals surface area contributed by atoms with Gasteiger partial charge in [0.2, 0.25) is 0 Å². The number of rotatable bonds is 4. The molecular formula is C10H13N3O4. The minimum absolute atomic E-state index is 0.148. The minimum atomic E-state index is -0.585.